The molecule has 0 bridgehead atoms. The predicted octanol–water partition coefficient (Wildman–Crippen LogP) is 2.02. The Morgan fingerprint density at radius 1 is 1.19 bits per heavy atom. The third-order valence-corrected chi connectivity index (χ3v) is 4.07. The Labute approximate surface area is 129 Å². The fourth-order valence-electron chi connectivity index (χ4n) is 2.73. The van der Waals surface area contributed by atoms with Gasteiger partial charge in [0.05, 0.1) is 10.5 Å². The van der Waals surface area contributed by atoms with E-state index in [-0.39, 0.29) is 6.04 Å². The number of aromatic nitrogens is 6. The Morgan fingerprint density at radius 3 is 2.90 bits per heavy atom. The maximum Gasteiger partial charge on any atom is 0.203 e. The molecular formula is C13H12BrN7. The molecule has 4 heterocycles. The van der Waals surface area contributed by atoms with Crippen LogP contribution >= 0.6 is 15.9 Å². The topological polar surface area (TPSA) is 72.1 Å². The maximum absolute atomic E-state index is 4.49. The lowest BCUT2D eigenvalue weighted by Crippen LogP contribution is -2.25. The second-order valence-corrected chi connectivity index (χ2v) is 5.84. The van der Waals surface area contributed by atoms with Gasteiger partial charge < -0.3 is 4.90 Å². The Hall–Kier alpha value is -2.09. The summed E-state index contributed by atoms with van der Waals surface area (Å²) in [4.78, 5) is 15.6. The third kappa shape index (κ3) is 2.15. The molecule has 1 aliphatic heterocycles. The van der Waals surface area contributed by atoms with Gasteiger partial charge in [-0.1, -0.05) is 0 Å². The molecule has 7 nitrogen and oxygen atoms in total. The van der Waals surface area contributed by atoms with Crippen LogP contribution in [0.1, 0.15) is 24.7 Å². The lowest BCUT2D eigenvalue weighted by Gasteiger charge is -2.24. The fourth-order valence-corrected chi connectivity index (χ4v) is 2.94. The van der Waals surface area contributed by atoms with Crippen molar-refractivity contribution >= 4 is 27.4 Å². The zero-order valence-electron chi connectivity index (χ0n) is 11.1. The van der Waals surface area contributed by atoms with Crippen LogP contribution in [0, 0.1) is 0 Å². The molecule has 1 unspecified atom stereocenters. The zero-order valence-corrected chi connectivity index (χ0v) is 12.7. The van der Waals surface area contributed by atoms with Crippen molar-refractivity contribution in [3.63, 3.8) is 0 Å². The van der Waals surface area contributed by atoms with Gasteiger partial charge in [-0.15, -0.1) is 10.2 Å². The summed E-state index contributed by atoms with van der Waals surface area (Å²) in [7, 11) is 0. The van der Waals surface area contributed by atoms with Crippen LogP contribution in [0.2, 0.25) is 0 Å². The van der Waals surface area contributed by atoms with Gasteiger partial charge in [0, 0.05) is 31.3 Å². The number of anilines is 1. The summed E-state index contributed by atoms with van der Waals surface area (Å²) in [6.07, 6.45) is 11.0. The number of hydrogen-bond donors (Lipinski definition) is 0. The van der Waals surface area contributed by atoms with Gasteiger partial charge in [0.1, 0.15) is 6.33 Å². The molecule has 1 aliphatic rings. The van der Waals surface area contributed by atoms with E-state index in [4.69, 9.17) is 0 Å². The van der Waals surface area contributed by atoms with Crippen molar-refractivity contribution in [1.82, 2.24) is 29.5 Å². The molecule has 8 heteroatoms. The van der Waals surface area contributed by atoms with Crippen LogP contribution in [0.4, 0.5) is 5.82 Å². The molecule has 0 radical (unpaired) electrons. The largest absolute Gasteiger partial charge is 0.343 e. The van der Waals surface area contributed by atoms with E-state index in [2.05, 4.69) is 46.0 Å². The normalized spacial score (nSPS) is 18.5. The van der Waals surface area contributed by atoms with E-state index in [1.165, 1.54) is 0 Å². The Kier molecular flexibility index (Phi) is 3.03. The maximum atomic E-state index is 4.49. The molecule has 21 heavy (non-hydrogen) atoms. The van der Waals surface area contributed by atoms with E-state index < -0.39 is 0 Å². The molecule has 3 aromatic rings. The van der Waals surface area contributed by atoms with Crippen molar-refractivity contribution in [3.05, 3.63) is 41.4 Å². The molecule has 4 rings (SSSR count). The smallest absolute Gasteiger partial charge is 0.203 e. The zero-order chi connectivity index (χ0) is 14.2. The van der Waals surface area contributed by atoms with Gasteiger partial charge in [-0.05, 0) is 28.8 Å². The molecule has 3 aromatic heterocycles. The molecule has 1 atom stereocenters. The minimum atomic E-state index is 0.133. The molecule has 0 spiro atoms. The summed E-state index contributed by atoms with van der Waals surface area (Å²) in [5, 5.41) is 8.12. The lowest BCUT2D eigenvalue weighted by molar-refractivity contribution is 0.659. The van der Waals surface area contributed by atoms with Crippen molar-refractivity contribution < 1.29 is 0 Å². The highest BCUT2D eigenvalue weighted by Crippen LogP contribution is 2.34. The first-order valence-electron chi connectivity index (χ1n) is 6.71. The van der Waals surface area contributed by atoms with Gasteiger partial charge >= 0.3 is 0 Å². The summed E-state index contributed by atoms with van der Waals surface area (Å²) in [5.74, 6) is 1.66. The van der Waals surface area contributed by atoms with Crippen molar-refractivity contribution in [2.45, 2.75) is 18.9 Å². The summed E-state index contributed by atoms with van der Waals surface area (Å²) >= 11 is 3.37. The van der Waals surface area contributed by atoms with Crippen LogP contribution in [0.15, 0.2) is 35.6 Å². The number of halogens is 1. The van der Waals surface area contributed by atoms with Gasteiger partial charge in [-0.25, -0.2) is 15.0 Å². The third-order valence-electron chi connectivity index (χ3n) is 3.66. The molecule has 0 N–H and O–H groups in total. The number of nitrogens with zero attached hydrogens (tertiary/aromatic N) is 7. The van der Waals surface area contributed by atoms with E-state index in [0.717, 1.165) is 41.1 Å². The first kappa shape index (κ1) is 12.6. The molecule has 0 aromatic carbocycles. The van der Waals surface area contributed by atoms with Crippen molar-refractivity contribution in [1.29, 1.82) is 0 Å². The van der Waals surface area contributed by atoms with Gasteiger partial charge in [0.2, 0.25) is 5.65 Å². The average molecular weight is 346 g/mol. The summed E-state index contributed by atoms with van der Waals surface area (Å²) in [6.45, 7) is 0.920. The van der Waals surface area contributed by atoms with Crippen LogP contribution in [-0.2, 0) is 0 Å². The Morgan fingerprint density at radius 2 is 2.05 bits per heavy atom. The molecule has 1 saturated heterocycles. The van der Waals surface area contributed by atoms with E-state index in [9.17, 15) is 0 Å². The summed E-state index contributed by atoms with van der Waals surface area (Å²) < 4.78 is 2.76. The van der Waals surface area contributed by atoms with E-state index >= 15 is 0 Å². The highest BCUT2D eigenvalue weighted by molar-refractivity contribution is 9.10. The molecule has 1 fully saturated rings. The van der Waals surface area contributed by atoms with Crippen molar-refractivity contribution in [2.75, 3.05) is 11.4 Å². The lowest BCUT2D eigenvalue weighted by atomic mass is 10.2. The van der Waals surface area contributed by atoms with E-state index in [1.807, 2.05) is 10.6 Å². The van der Waals surface area contributed by atoms with Gasteiger partial charge in [-0.3, -0.25) is 4.40 Å². The number of fused-ring (bicyclic) bond motifs is 1. The second kappa shape index (κ2) is 5.03. The summed E-state index contributed by atoms with van der Waals surface area (Å²) in [5.41, 5.74) is 0.765. The van der Waals surface area contributed by atoms with E-state index in [1.54, 1.807) is 24.9 Å². The minimum absolute atomic E-state index is 0.133. The fraction of sp³-hybridized carbons (Fsp3) is 0.308. The van der Waals surface area contributed by atoms with Crippen LogP contribution in [-0.4, -0.2) is 36.1 Å². The quantitative estimate of drug-likeness (QED) is 0.707. The molecule has 0 amide bonds. The number of hydrogen-bond acceptors (Lipinski definition) is 6. The van der Waals surface area contributed by atoms with Crippen LogP contribution < -0.4 is 4.90 Å². The Bertz CT molecular complexity index is 770. The average Bonchev–Trinajstić information content (AvgIpc) is 3.16. The SMILES string of the molecule is Brc1cnc(C2CCCN2c2nccn3cnnc23)nc1. The predicted molar refractivity (Wildman–Crippen MR) is 79.8 cm³/mol. The minimum Gasteiger partial charge on any atom is -0.343 e. The first-order chi connectivity index (χ1) is 10.3. The highest BCUT2D eigenvalue weighted by atomic mass is 79.9. The van der Waals surface area contributed by atoms with Gasteiger partial charge in [-0.2, -0.15) is 0 Å². The number of rotatable bonds is 2. The molecular weight excluding hydrogens is 334 g/mol. The highest BCUT2D eigenvalue weighted by Gasteiger charge is 2.30. The van der Waals surface area contributed by atoms with Gasteiger partial charge in [0.15, 0.2) is 11.6 Å². The monoisotopic (exact) mass is 345 g/mol. The van der Waals surface area contributed by atoms with E-state index in [0.29, 0.717) is 0 Å². The standard InChI is InChI=1S/C13H12BrN7/c14-9-6-16-11(17-7-9)10-2-1-4-21(10)12-13-19-18-8-20(13)5-3-15-12/h3,5-8,10H,1-2,4H2. The van der Waals surface area contributed by atoms with Crippen LogP contribution in [0.3, 0.4) is 0 Å². The molecule has 0 aliphatic carbocycles. The van der Waals surface area contributed by atoms with Crippen molar-refractivity contribution in [3.8, 4) is 0 Å². The molecule has 106 valence electrons. The first-order valence-corrected chi connectivity index (χ1v) is 7.50. The summed E-state index contributed by atoms with van der Waals surface area (Å²) in [6, 6.07) is 0.133. The van der Waals surface area contributed by atoms with Crippen LogP contribution in [0.25, 0.3) is 5.65 Å². The Balaban J connectivity index is 1.76. The van der Waals surface area contributed by atoms with Crippen LogP contribution in [0.5, 0.6) is 0 Å². The van der Waals surface area contributed by atoms with Gasteiger partial charge in [0.25, 0.3) is 0 Å². The molecule has 0 saturated carbocycles. The van der Waals surface area contributed by atoms with Crippen molar-refractivity contribution in [2.24, 2.45) is 0 Å². The second-order valence-electron chi connectivity index (χ2n) is 4.92.